The Labute approximate surface area is 158 Å². The summed E-state index contributed by atoms with van der Waals surface area (Å²) < 4.78 is 24.9. The van der Waals surface area contributed by atoms with E-state index in [2.05, 4.69) is 25.9 Å². The Balaban J connectivity index is 1.85. The standard InChI is InChI=1S/C19H15BrFNO4/c1-11-15(19(23)26-22-11)7-13-8-16(20)18(17(9-13)24-2)25-10-12-3-5-14(21)6-4-12/h3-9H,10H2,1-2H3/b15-7+. The Hall–Kier alpha value is -2.67. The van der Waals surface area contributed by atoms with Crippen LogP contribution in [0.3, 0.4) is 0 Å². The van der Waals surface area contributed by atoms with E-state index >= 15 is 0 Å². The summed E-state index contributed by atoms with van der Waals surface area (Å²) in [7, 11) is 1.53. The van der Waals surface area contributed by atoms with Crippen LogP contribution < -0.4 is 9.47 Å². The van der Waals surface area contributed by atoms with Gasteiger partial charge in [0, 0.05) is 0 Å². The minimum absolute atomic E-state index is 0.258. The van der Waals surface area contributed by atoms with E-state index in [1.807, 2.05) is 0 Å². The number of benzene rings is 2. The van der Waals surface area contributed by atoms with Crippen LogP contribution in [0.15, 0.2) is 51.6 Å². The van der Waals surface area contributed by atoms with Crippen molar-refractivity contribution in [3.8, 4) is 11.5 Å². The smallest absolute Gasteiger partial charge is 0.367 e. The van der Waals surface area contributed by atoms with E-state index < -0.39 is 5.97 Å². The van der Waals surface area contributed by atoms with Crippen LogP contribution in [0.5, 0.6) is 11.5 Å². The largest absolute Gasteiger partial charge is 0.493 e. The molecule has 2 aromatic carbocycles. The van der Waals surface area contributed by atoms with Crippen LogP contribution in [0.2, 0.25) is 0 Å². The van der Waals surface area contributed by atoms with E-state index in [-0.39, 0.29) is 12.4 Å². The number of carbonyl (C=O) groups excluding carboxylic acids is 1. The lowest BCUT2D eigenvalue weighted by atomic mass is 10.1. The molecule has 0 unspecified atom stereocenters. The minimum Gasteiger partial charge on any atom is -0.493 e. The van der Waals surface area contributed by atoms with Crippen molar-refractivity contribution in [1.82, 2.24) is 0 Å². The maximum atomic E-state index is 13.0. The summed E-state index contributed by atoms with van der Waals surface area (Å²) in [6, 6.07) is 9.62. The molecular formula is C19H15BrFNO4. The molecule has 0 atom stereocenters. The van der Waals surface area contributed by atoms with Gasteiger partial charge in [-0.3, -0.25) is 0 Å². The van der Waals surface area contributed by atoms with Crippen LogP contribution in [0.4, 0.5) is 4.39 Å². The Bertz CT molecular complexity index is 907. The van der Waals surface area contributed by atoms with Crippen LogP contribution >= 0.6 is 15.9 Å². The molecule has 26 heavy (non-hydrogen) atoms. The fourth-order valence-corrected chi connectivity index (χ4v) is 2.96. The van der Waals surface area contributed by atoms with Gasteiger partial charge in [0.05, 0.1) is 22.9 Å². The van der Waals surface area contributed by atoms with E-state index in [0.717, 1.165) is 11.1 Å². The first-order chi connectivity index (χ1) is 12.5. The average molecular weight is 420 g/mol. The zero-order valence-electron chi connectivity index (χ0n) is 14.1. The summed E-state index contributed by atoms with van der Waals surface area (Å²) in [5.41, 5.74) is 2.46. The van der Waals surface area contributed by atoms with Crippen LogP contribution in [-0.4, -0.2) is 18.8 Å². The number of nitrogens with zero attached hydrogens (tertiary/aromatic N) is 1. The Morgan fingerprint density at radius 2 is 2.00 bits per heavy atom. The second-order valence-electron chi connectivity index (χ2n) is 5.56. The highest BCUT2D eigenvalue weighted by Crippen LogP contribution is 2.38. The van der Waals surface area contributed by atoms with Gasteiger partial charge in [-0.05, 0) is 64.3 Å². The first kappa shape index (κ1) is 18.1. The molecule has 0 aliphatic carbocycles. The van der Waals surface area contributed by atoms with Crippen molar-refractivity contribution in [2.45, 2.75) is 13.5 Å². The summed E-state index contributed by atoms with van der Waals surface area (Å²) in [4.78, 5) is 16.3. The van der Waals surface area contributed by atoms with Crippen LogP contribution in [0.25, 0.3) is 6.08 Å². The Morgan fingerprint density at radius 3 is 2.62 bits per heavy atom. The van der Waals surface area contributed by atoms with Gasteiger partial charge in [-0.1, -0.05) is 17.3 Å². The molecule has 5 nitrogen and oxygen atoms in total. The van der Waals surface area contributed by atoms with E-state index in [1.165, 1.54) is 19.2 Å². The molecule has 0 saturated heterocycles. The molecule has 0 fully saturated rings. The molecule has 0 bridgehead atoms. The molecule has 0 saturated carbocycles. The number of rotatable bonds is 5. The topological polar surface area (TPSA) is 57.1 Å². The predicted molar refractivity (Wildman–Crippen MR) is 98.6 cm³/mol. The summed E-state index contributed by atoms with van der Waals surface area (Å²) in [6.07, 6.45) is 1.67. The molecule has 1 aliphatic heterocycles. The number of halogens is 2. The molecule has 0 spiro atoms. The lowest BCUT2D eigenvalue weighted by molar-refractivity contribution is -0.136. The van der Waals surface area contributed by atoms with Gasteiger partial charge < -0.3 is 14.3 Å². The van der Waals surface area contributed by atoms with Crippen molar-refractivity contribution in [3.05, 3.63) is 63.4 Å². The van der Waals surface area contributed by atoms with Crippen molar-refractivity contribution < 1.29 is 23.5 Å². The number of hydrogen-bond acceptors (Lipinski definition) is 5. The lowest BCUT2D eigenvalue weighted by Gasteiger charge is -2.14. The fourth-order valence-electron chi connectivity index (χ4n) is 2.39. The molecule has 0 radical (unpaired) electrons. The van der Waals surface area contributed by atoms with E-state index in [9.17, 15) is 9.18 Å². The van der Waals surface area contributed by atoms with Crippen molar-refractivity contribution in [2.75, 3.05) is 7.11 Å². The molecule has 134 valence electrons. The van der Waals surface area contributed by atoms with Gasteiger partial charge >= 0.3 is 5.97 Å². The first-order valence-electron chi connectivity index (χ1n) is 7.70. The molecule has 1 aliphatic rings. The molecule has 0 aromatic heterocycles. The summed E-state index contributed by atoms with van der Waals surface area (Å²) >= 11 is 3.46. The number of ether oxygens (including phenoxy) is 2. The Kier molecular flexibility index (Phi) is 5.37. The highest BCUT2D eigenvalue weighted by Gasteiger charge is 2.22. The second-order valence-corrected chi connectivity index (χ2v) is 6.42. The summed E-state index contributed by atoms with van der Waals surface area (Å²) in [5.74, 6) is 0.219. The van der Waals surface area contributed by atoms with E-state index in [4.69, 9.17) is 9.47 Å². The van der Waals surface area contributed by atoms with Gasteiger partial charge in [-0.25, -0.2) is 9.18 Å². The Morgan fingerprint density at radius 1 is 1.27 bits per heavy atom. The average Bonchev–Trinajstić information content (AvgIpc) is 2.94. The van der Waals surface area contributed by atoms with Crippen molar-refractivity contribution in [2.24, 2.45) is 5.16 Å². The van der Waals surface area contributed by atoms with Crippen molar-refractivity contribution in [1.29, 1.82) is 0 Å². The first-order valence-corrected chi connectivity index (χ1v) is 8.50. The molecule has 1 heterocycles. The van der Waals surface area contributed by atoms with Gasteiger partial charge in [0.25, 0.3) is 0 Å². The fraction of sp³-hybridized carbons (Fsp3) is 0.158. The van der Waals surface area contributed by atoms with Gasteiger partial charge in [0.1, 0.15) is 12.4 Å². The van der Waals surface area contributed by atoms with Crippen molar-refractivity contribution >= 4 is 33.7 Å². The third-order valence-corrected chi connectivity index (χ3v) is 4.32. The SMILES string of the molecule is COc1cc(/C=C2/C(=O)ON=C2C)cc(Br)c1OCc1ccc(F)cc1. The zero-order valence-corrected chi connectivity index (χ0v) is 15.7. The normalized spacial score (nSPS) is 15.0. The second kappa shape index (κ2) is 7.70. The summed E-state index contributed by atoms with van der Waals surface area (Å²) in [5, 5.41) is 3.65. The van der Waals surface area contributed by atoms with Gasteiger partial charge in [0.2, 0.25) is 0 Å². The highest BCUT2D eigenvalue weighted by atomic mass is 79.9. The number of hydrogen-bond donors (Lipinski definition) is 0. The molecule has 0 N–H and O–H groups in total. The highest BCUT2D eigenvalue weighted by molar-refractivity contribution is 9.10. The van der Waals surface area contributed by atoms with E-state index in [1.54, 1.807) is 37.3 Å². The molecular weight excluding hydrogens is 405 g/mol. The minimum atomic E-state index is -0.491. The van der Waals surface area contributed by atoms with Gasteiger partial charge in [-0.15, -0.1) is 0 Å². The van der Waals surface area contributed by atoms with Crippen LogP contribution in [0, 0.1) is 5.82 Å². The van der Waals surface area contributed by atoms with Crippen LogP contribution in [-0.2, 0) is 16.2 Å². The maximum Gasteiger partial charge on any atom is 0.367 e. The predicted octanol–water partition coefficient (Wildman–Crippen LogP) is 4.49. The monoisotopic (exact) mass is 419 g/mol. The van der Waals surface area contributed by atoms with Gasteiger partial charge in [0.15, 0.2) is 11.5 Å². The number of methoxy groups -OCH3 is 1. The van der Waals surface area contributed by atoms with Crippen LogP contribution in [0.1, 0.15) is 18.1 Å². The summed E-state index contributed by atoms with van der Waals surface area (Å²) in [6.45, 7) is 1.96. The quantitative estimate of drug-likeness (QED) is 0.529. The lowest BCUT2D eigenvalue weighted by Crippen LogP contribution is -2.02. The molecule has 0 amide bonds. The maximum absolute atomic E-state index is 13.0. The van der Waals surface area contributed by atoms with E-state index in [0.29, 0.717) is 27.3 Å². The third-order valence-electron chi connectivity index (χ3n) is 3.73. The van der Waals surface area contributed by atoms with Crippen molar-refractivity contribution in [3.63, 3.8) is 0 Å². The number of oxime groups is 1. The third kappa shape index (κ3) is 3.94. The molecule has 7 heteroatoms. The number of carbonyl (C=O) groups is 1. The molecule has 2 aromatic rings. The van der Waals surface area contributed by atoms with Gasteiger partial charge in [-0.2, -0.15) is 0 Å². The molecule has 3 rings (SSSR count). The zero-order chi connectivity index (χ0) is 18.7.